The molecular formula is C15H17NO5. The Kier molecular flexibility index (Phi) is 4.67. The van der Waals surface area contributed by atoms with E-state index in [1.54, 1.807) is 6.07 Å². The van der Waals surface area contributed by atoms with E-state index in [4.69, 9.17) is 5.11 Å². The third-order valence-corrected chi connectivity index (χ3v) is 3.99. The van der Waals surface area contributed by atoms with Gasteiger partial charge in [0.05, 0.1) is 10.8 Å². The summed E-state index contributed by atoms with van der Waals surface area (Å²) in [5.41, 5.74) is 0.217. The molecule has 6 heteroatoms. The molecule has 1 aliphatic rings. The SMILES string of the molecule is O=C(C[C@@H]1CCC[C@H](C(=O)O)C1)c1cccc([N+](=O)[O-])c1. The van der Waals surface area contributed by atoms with Crippen molar-refractivity contribution in [1.29, 1.82) is 0 Å². The van der Waals surface area contributed by atoms with Crippen LogP contribution in [0, 0.1) is 22.0 Å². The number of Topliss-reactive ketones (excluding diaryl/α,β-unsaturated/α-hetero) is 1. The molecule has 0 unspecified atom stereocenters. The molecule has 21 heavy (non-hydrogen) atoms. The molecule has 1 aromatic carbocycles. The number of ketones is 1. The highest BCUT2D eigenvalue weighted by Crippen LogP contribution is 2.32. The third kappa shape index (κ3) is 3.87. The molecule has 0 spiro atoms. The second-order valence-electron chi connectivity index (χ2n) is 5.50. The molecule has 0 bridgehead atoms. The molecule has 0 heterocycles. The van der Waals surface area contributed by atoms with Gasteiger partial charge in [-0.3, -0.25) is 19.7 Å². The number of non-ortho nitro benzene ring substituents is 1. The Labute approximate surface area is 121 Å². The number of hydrogen-bond acceptors (Lipinski definition) is 4. The van der Waals surface area contributed by atoms with E-state index in [1.807, 2.05) is 0 Å². The molecule has 0 aromatic heterocycles. The van der Waals surface area contributed by atoms with Gasteiger partial charge in [0.2, 0.25) is 0 Å². The first-order chi connectivity index (χ1) is 9.97. The molecule has 112 valence electrons. The zero-order valence-electron chi connectivity index (χ0n) is 11.5. The summed E-state index contributed by atoms with van der Waals surface area (Å²) in [7, 11) is 0. The number of nitro benzene ring substituents is 1. The van der Waals surface area contributed by atoms with Gasteiger partial charge in [-0.2, -0.15) is 0 Å². The molecule has 1 saturated carbocycles. The van der Waals surface area contributed by atoms with Gasteiger partial charge in [-0.05, 0) is 25.2 Å². The van der Waals surface area contributed by atoms with Crippen LogP contribution in [0.4, 0.5) is 5.69 Å². The van der Waals surface area contributed by atoms with E-state index in [2.05, 4.69) is 0 Å². The van der Waals surface area contributed by atoms with Crippen LogP contribution < -0.4 is 0 Å². The van der Waals surface area contributed by atoms with E-state index >= 15 is 0 Å². The zero-order valence-corrected chi connectivity index (χ0v) is 11.5. The Balaban J connectivity index is 2.02. The van der Waals surface area contributed by atoms with Gasteiger partial charge in [0, 0.05) is 24.1 Å². The summed E-state index contributed by atoms with van der Waals surface area (Å²) in [5.74, 6) is -1.29. The second kappa shape index (κ2) is 6.47. The van der Waals surface area contributed by atoms with Crippen LogP contribution in [0.2, 0.25) is 0 Å². The Hall–Kier alpha value is -2.24. The minimum atomic E-state index is -0.803. The van der Waals surface area contributed by atoms with Gasteiger partial charge in [0.1, 0.15) is 0 Å². The maximum atomic E-state index is 12.2. The van der Waals surface area contributed by atoms with Gasteiger partial charge < -0.3 is 5.11 Å². The Bertz CT molecular complexity index is 569. The monoisotopic (exact) mass is 291 g/mol. The van der Waals surface area contributed by atoms with Crippen LogP contribution in [-0.4, -0.2) is 21.8 Å². The van der Waals surface area contributed by atoms with E-state index in [9.17, 15) is 19.7 Å². The van der Waals surface area contributed by atoms with Crippen LogP contribution >= 0.6 is 0 Å². The van der Waals surface area contributed by atoms with Crippen LogP contribution in [0.3, 0.4) is 0 Å². The van der Waals surface area contributed by atoms with Gasteiger partial charge in [0.15, 0.2) is 5.78 Å². The number of carbonyl (C=O) groups excluding carboxylic acids is 1. The smallest absolute Gasteiger partial charge is 0.306 e. The fraction of sp³-hybridized carbons (Fsp3) is 0.467. The lowest BCUT2D eigenvalue weighted by Gasteiger charge is -2.26. The van der Waals surface area contributed by atoms with Crippen molar-refractivity contribution in [2.45, 2.75) is 32.1 Å². The number of carboxylic acid groups (broad SMARTS) is 1. The topological polar surface area (TPSA) is 97.5 Å². The van der Waals surface area contributed by atoms with Gasteiger partial charge >= 0.3 is 5.97 Å². The molecule has 0 saturated heterocycles. The van der Waals surface area contributed by atoms with Crippen molar-refractivity contribution >= 4 is 17.4 Å². The van der Waals surface area contributed by atoms with Gasteiger partial charge in [0.25, 0.3) is 5.69 Å². The van der Waals surface area contributed by atoms with Crippen molar-refractivity contribution in [3.05, 3.63) is 39.9 Å². The van der Waals surface area contributed by atoms with Gasteiger partial charge in [-0.15, -0.1) is 0 Å². The molecule has 1 N–H and O–H groups in total. The van der Waals surface area contributed by atoms with Crippen molar-refractivity contribution in [3.8, 4) is 0 Å². The molecule has 2 atom stereocenters. The van der Waals surface area contributed by atoms with Crippen molar-refractivity contribution < 1.29 is 19.6 Å². The largest absolute Gasteiger partial charge is 0.481 e. The van der Waals surface area contributed by atoms with Crippen molar-refractivity contribution in [2.24, 2.45) is 11.8 Å². The summed E-state index contributed by atoms with van der Waals surface area (Å²) in [6.45, 7) is 0. The quantitative estimate of drug-likeness (QED) is 0.510. The standard InChI is InChI=1S/C15H17NO5/c17-14(11-4-2-6-13(9-11)16(20)21)8-10-3-1-5-12(7-10)15(18)19/h2,4,6,9-10,12H,1,3,5,7-8H2,(H,18,19)/t10-,12+/m1/s1. The number of carboxylic acids is 1. The van der Waals surface area contributed by atoms with Crippen LogP contribution in [-0.2, 0) is 4.79 Å². The summed E-state index contributed by atoms with van der Waals surface area (Å²) in [5, 5.41) is 19.8. The van der Waals surface area contributed by atoms with E-state index < -0.39 is 10.9 Å². The van der Waals surface area contributed by atoms with Gasteiger partial charge in [-0.1, -0.05) is 18.6 Å². The van der Waals surface area contributed by atoms with E-state index in [0.717, 1.165) is 12.8 Å². The lowest BCUT2D eigenvalue weighted by molar-refractivity contribution is -0.384. The number of carbonyl (C=O) groups is 2. The number of benzene rings is 1. The summed E-state index contributed by atoms with van der Waals surface area (Å²) >= 11 is 0. The molecule has 1 aliphatic carbocycles. The number of rotatable bonds is 5. The number of nitro groups is 1. The van der Waals surface area contributed by atoms with Crippen molar-refractivity contribution in [1.82, 2.24) is 0 Å². The van der Waals surface area contributed by atoms with Crippen LogP contribution in [0.5, 0.6) is 0 Å². The van der Waals surface area contributed by atoms with Crippen molar-refractivity contribution in [2.75, 3.05) is 0 Å². The normalized spacial score (nSPS) is 21.7. The van der Waals surface area contributed by atoms with E-state index in [0.29, 0.717) is 18.4 Å². The first-order valence-electron chi connectivity index (χ1n) is 6.98. The fourth-order valence-corrected chi connectivity index (χ4v) is 2.87. The molecule has 2 rings (SSSR count). The molecule has 1 aromatic rings. The molecule has 6 nitrogen and oxygen atoms in total. The molecule has 0 radical (unpaired) electrons. The van der Waals surface area contributed by atoms with Crippen LogP contribution in [0.1, 0.15) is 42.5 Å². The molecular weight excluding hydrogens is 274 g/mol. The molecule has 0 aliphatic heterocycles. The van der Waals surface area contributed by atoms with Crippen molar-refractivity contribution in [3.63, 3.8) is 0 Å². The minimum Gasteiger partial charge on any atom is -0.481 e. The number of aliphatic carboxylic acids is 1. The highest BCUT2D eigenvalue weighted by atomic mass is 16.6. The number of hydrogen-bond donors (Lipinski definition) is 1. The predicted octanol–water partition coefficient (Wildman–Crippen LogP) is 3.06. The third-order valence-electron chi connectivity index (χ3n) is 3.99. The predicted molar refractivity (Wildman–Crippen MR) is 75.1 cm³/mol. The summed E-state index contributed by atoms with van der Waals surface area (Å²) in [6, 6.07) is 5.68. The average molecular weight is 291 g/mol. The summed E-state index contributed by atoms with van der Waals surface area (Å²) in [4.78, 5) is 33.4. The first-order valence-corrected chi connectivity index (χ1v) is 6.98. The van der Waals surface area contributed by atoms with E-state index in [1.165, 1.54) is 18.2 Å². The fourth-order valence-electron chi connectivity index (χ4n) is 2.87. The Morgan fingerprint density at radius 1 is 1.33 bits per heavy atom. The lowest BCUT2D eigenvalue weighted by atomic mass is 9.78. The number of nitrogens with zero attached hydrogens (tertiary/aromatic N) is 1. The summed E-state index contributed by atoms with van der Waals surface area (Å²) in [6.07, 6.45) is 3.08. The molecule has 1 fully saturated rings. The maximum Gasteiger partial charge on any atom is 0.306 e. The van der Waals surface area contributed by atoms with Crippen LogP contribution in [0.25, 0.3) is 0 Å². The van der Waals surface area contributed by atoms with Gasteiger partial charge in [-0.25, -0.2) is 0 Å². The average Bonchev–Trinajstić information content (AvgIpc) is 2.47. The second-order valence-corrected chi connectivity index (χ2v) is 5.50. The minimum absolute atomic E-state index is 0.0478. The Morgan fingerprint density at radius 3 is 2.76 bits per heavy atom. The van der Waals surface area contributed by atoms with Crippen LogP contribution in [0.15, 0.2) is 24.3 Å². The zero-order chi connectivity index (χ0) is 15.4. The maximum absolute atomic E-state index is 12.2. The summed E-state index contributed by atoms with van der Waals surface area (Å²) < 4.78 is 0. The first kappa shape index (κ1) is 15.2. The van der Waals surface area contributed by atoms with E-state index in [-0.39, 0.29) is 29.7 Å². The molecule has 0 amide bonds. The lowest BCUT2D eigenvalue weighted by Crippen LogP contribution is -2.24. The highest BCUT2D eigenvalue weighted by Gasteiger charge is 2.28. The highest BCUT2D eigenvalue weighted by molar-refractivity contribution is 5.96. The Morgan fingerprint density at radius 2 is 2.10 bits per heavy atom.